The molecule has 7 heteroatoms. The zero-order valence-corrected chi connectivity index (χ0v) is 15.8. The van der Waals surface area contributed by atoms with Gasteiger partial charge in [0.05, 0.1) is 24.7 Å². The maximum atomic E-state index is 12.7. The van der Waals surface area contributed by atoms with E-state index in [0.29, 0.717) is 11.3 Å². The molecule has 0 unspecified atom stereocenters. The molecule has 0 N–H and O–H groups in total. The molecule has 146 valence electrons. The minimum Gasteiger partial charge on any atom is -0.478 e. The van der Waals surface area contributed by atoms with Crippen LogP contribution in [0, 0.1) is 23.7 Å². The summed E-state index contributed by atoms with van der Waals surface area (Å²) < 4.78 is 10.6. The molecule has 1 aromatic rings. The molecule has 1 aromatic carbocycles. The molecule has 7 nitrogen and oxygen atoms in total. The van der Waals surface area contributed by atoms with Crippen molar-refractivity contribution in [3.63, 3.8) is 0 Å². The van der Waals surface area contributed by atoms with Crippen LogP contribution in [0.15, 0.2) is 41.5 Å². The fourth-order valence-corrected chi connectivity index (χ4v) is 4.31. The molecule has 5 atom stereocenters. The molecule has 2 bridgehead atoms. The Bertz CT molecular complexity index is 847. The molecule has 0 spiro atoms. The molecule has 0 aromatic heterocycles. The van der Waals surface area contributed by atoms with Gasteiger partial charge in [0, 0.05) is 5.56 Å². The molecule has 1 saturated heterocycles. The quantitative estimate of drug-likeness (QED) is 0.326. The largest absolute Gasteiger partial charge is 0.478 e. The Morgan fingerprint density at radius 1 is 1.21 bits per heavy atom. The van der Waals surface area contributed by atoms with Crippen molar-refractivity contribution in [2.24, 2.45) is 28.8 Å². The van der Waals surface area contributed by atoms with E-state index in [2.05, 4.69) is 5.10 Å². The van der Waals surface area contributed by atoms with Gasteiger partial charge >= 0.3 is 5.97 Å². The van der Waals surface area contributed by atoms with E-state index in [-0.39, 0.29) is 42.1 Å². The van der Waals surface area contributed by atoms with Crippen LogP contribution in [0.25, 0.3) is 0 Å². The molecule has 3 aliphatic rings. The van der Waals surface area contributed by atoms with Gasteiger partial charge < -0.3 is 9.47 Å². The molecule has 0 radical (unpaired) electrons. The summed E-state index contributed by atoms with van der Waals surface area (Å²) in [7, 11) is 0. The highest BCUT2D eigenvalue weighted by Crippen LogP contribution is 2.52. The number of benzene rings is 1. The van der Waals surface area contributed by atoms with Crippen molar-refractivity contribution in [2.45, 2.75) is 26.4 Å². The fourth-order valence-electron chi connectivity index (χ4n) is 4.31. The lowest BCUT2D eigenvalue weighted by atomic mass is 9.85. The van der Waals surface area contributed by atoms with Crippen LogP contribution in [-0.4, -0.2) is 41.7 Å². The Labute approximate surface area is 163 Å². The number of fused-ring (bicyclic) bond motifs is 5. The molecule has 2 aliphatic carbocycles. The molecule has 2 amide bonds. The number of amides is 2. The van der Waals surface area contributed by atoms with Crippen molar-refractivity contribution in [1.82, 2.24) is 5.01 Å². The van der Waals surface area contributed by atoms with Crippen LogP contribution in [0.2, 0.25) is 0 Å². The zero-order valence-electron chi connectivity index (χ0n) is 15.8. The fraction of sp³-hybridized carbons (Fsp3) is 0.429. The van der Waals surface area contributed by atoms with Crippen LogP contribution < -0.4 is 4.74 Å². The molecule has 28 heavy (non-hydrogen) atoms. The molecular formula is C21H22N2O5. The summed E-state index contributed by atoms with van der Waals surface area (Å²) in [5, 5.41) is 5.16. The van der Waals surface area contributed by atoms with Crippen LogP contribution >= 0.6 is 0 Å². The molecule has 2 fully saturated rings. The summed E-state index contributed by atoms with van der Waals surface area (Å²) in [6.07, 6.45) is 5.62. The highest BCUT2D eigenvalue weighted by Gasteiger charge is 2.59. The van der Waals surface area contributed by atoms with Gasteiger partial charge in [0.1, 0.15) is 5.75 Å². The summed E-state index contributed by atoms with van der Waals surface area (Å²) in [6, 6.07) is 7.00. The van der Waals surface area contributed by atoms with Crippen LogP contribution in [0.4, 0.5) is 0 Å². The van der Waals surface area contributed by atoms with E-state index in [1.165, 1.54) is 6.21 Å². The third kappa shape index (κ3) is 3.00. The predicted octanol–water partition coefficient (Wildman–Crippen LogP) is 2.16. The van der Waals surface area contributed by atoms with E-state index in [1.54, 1.807) is 38.1 Å². The average molecular weight is 382 g/mol. The maximum Gasteiger partial charge on any atom is 0.347 e. The second-order valence-corrected chi connectivity index (χ2v) is 7.28. The molecule has 1 aliphatic heterocycles. The number of esters is 1. The number of ether oxygens (including phenoxy) is 2. The van der Waals surface area contributed by atoms with Gasteiger partial charge in [-0.1, -0.05) is 24.3 Å². The minimum absolute atomic E-state index is 0.146. The Kier molecular flexibility index (Phi) is 4.75. The number of carbonyl (C=O) groups is 3. The van der Waals surface area contributed by atoms with E-state index in [4.69, 9.17) is 9.47 Å². The van der Waals surface area contributed by atoms with E-state index in [0.717, 1.165) is 11.4 Å². The second-order valence-electron chi connectivity index (χ2n) is 7.28. The number of imide groups is 1. The first-order valence-electron chi connectivity index (χ1n) is 9.53. The van der Waals surface area contributed by atoms with Crippen LogP contribution in [-0.2, 0) is 19.1 Å². The van der Waals surface area contributed by atoms with E-state index >= 15 is 0 Å². The van der Waals surface area contributed by atoms with E-state index in [9.17, 15) is 14.4 Å². The van der Waals surface area contributed by atoms with Gasteiger partial charge in [-0.05, 0) is 44.2 Å². The van der Waals surface area contributed by atoms with Crippen LogP contribution in [0.5, 0.6) is 5.75 Å². The number of carbonyl (C=O) groups excluding carboxylic acids is 3. The molecule has 4 rings (SSSR count). The van der Waals surface area contributed by atoms with Gasteiger partial charge in [0.15, 0.2) is 6.10 Å². The third-order valence-corrected chi connectivity index (χ3v) is 5.60. The van der Waals surface area contributed by atoms with Gasteiger partial charge in [-0.3, -0.25) is 9.59 Å². The summed E-state index contributed by atoms with van der Waals surface area (Å²) >= 11 is 0. The first-order chi connectivity index (χ1) is 13.5. The number of allylic oxidation sites excluding steroid dienone is 2. The van der Waals surface area contributed by atoms with Crippen LogP contribution in [0.3, 0.4) is 0 Å². The number of hydrogen-bond donors (Lipinski definition) is 0. The van der Waals surface area contributed by atoms with Gasteiger partial charge in [-0.2, -0.15) is 10.1 Å². The Morgan fingerprint density at radius 3 is 2.50 bits per heavy atom. The van der Waals surface area contributed by atoms with E-state index < -0.39 is 12.1 Å². The normalized spacial score (nSPS) is 28.9. The summed E-state index contributed by atoms with van der Waals surface area (Å²) in [5.41, 5.74) is 0.567. The first-order valence-corrected chi connectivity index (χ1v) is 9.53. The topological polar surface area (TPSA) is 85.3 Å². The van der Waals surface area contributed by atoms with Gasteiger partial charge in [0.25, 0.3) is 11.8 Å². The maximum absolute atomic E-state index is 12.7. The molecular weight excluding hydrogens is 360 g/mol. The number of hydrazone groups is 1. The van der Waals surface area contributed by atoms with Crippen molar-refractivity contribution in [1.29, 1.82) is 0 Å². The predicted molar refractivity (Wildman–Crippen MR) is 100 cm³/mol. The number of hydrogen-bond acceptors (Lipinski definition) is 6. The molecule has 1 saturated carbocycles. The average Bonchev–Trinajstić information content (AvgIpc) is 3.36. The summed E-state index contributed by atoms with van der Waals surface area (Å²) in [4.78, 5) is 37.2. The van der Waals surface area contributed by atoms with Crippen LogP contribution in [0.1, 0.15) is 25.8 Å². The van der Waals surface area contributed by atoms with E-state index in [1.807, 2.05) is 12.2 Å². The molecule has 1 heterocycles. The van der Waals surface area contributed by atoms with Crippen molar-refractivity contribution in [2.75, 3.05) is 6.61 Å². The monoisotopic (exact) mass is 382 g/mol. The number of para-hydroxylation sites is 1. The number of rotatable bonds is 6. The standard InChI is InChI=1S/C21H22N2O5/c1-3-27-21(26)12(2)28-16-7-5-4-6-15(16)11-22-23-19(24)17-13-8-9-14(10-13)18(17)20(23)25/h4-9,11-14,17-18H,3,10H2,1-2H3/t12-,13+,14+,17-,18+/m1/s1. The Balaban J connectivity index is 1.51. The lowest BCUT2D eigenvalue weighted by molar-refractivity contribution is -0.150. The van der Waals surface area contributed by atoms with Crippen molar-refractivity contribution < 1.29 is 23.9 Å². The smallest absolute Gasteiger partial charge is 0.347 e. The van der Waals surface area contributed by atoms with Crippen molar-refractivity contribution >= 4 is 24.0 Å². The highest BCUT2D eigenvalue weighted by molar-refractivity contribution is 6.06. The van der Waals surface area contributed by atoms with Crippen molar-refractivity contribution in [3.05, 3.63) is 42.0 Å². The Morgan fingerprint density at radius 2 is 1.86 bits per heavy atom. The van der Waals surface area contributed by atoms with Gasteiger partial charge in [-0.25, -0.2) is 4.79 Å². The first kappa shape index (κ1) is 18.4. The zero-order chi connectivity index (χ0) is 19.8. The SMILES string of the molecule is CCOC(=O)[C@@H](C)Oc1ccccc1C=NN1C(=O)[C@@H]2[C@H](C1=O)[C@H]1C=C[C@H]2C1. The lowest BCUT2D eigenvalue weighted by Crippen LogP contribution is -2.28. The van der Waals surface area contributed by atoms with Crippen molar-refractivity contribution in [3.8, 4) is 5.75 Å². The summed E-state index contributed by atoms with van der Waals surface area (Å²) in [5.74, 6) is -0.782. The lowest BCUT2D eigenvalue weighted by Gasteiger charge is -2.15. The van der Waals surface area contributed by atoms with Gasteiger partial charge in [0.2, 0.25) is 0 Å². The summed E-state index contributed by atoms with van der Waals surface area (Å²) in [6.45, 7) is 3.60. The number of nitrogens with zero attached hydrogens (tertiary/aromatic N) is 2. The Hall–Kier alpha value is -2.96. The second kappa shape index (κ2) is 7.22. The third-order valence-electron chi connectivity index (χ3n) is 5.60. The van der Waals surface area contributed by atoms with Gasteiger partial charge in [-0.15, -0.1) is 0 Å². The highest BCUT2D eigenvalue weighted by atomic mass is 16.6. The minimum atomic E-state index is -0.786.